The zero-order valence-corrected chi connectivity index (χ0v) is 4.92. The minimum atomic E-state index is -0.689. The third-order valence-electron chi connectivity index (χ3n) is 0.808. The summed E-state index contributed by atoms with van der Waals surface area (Å²) < 4.78 is 4.51. The maximum absolute atomic E-state index is 8.67. The Bertz CT molecular complexity index is 83.0. The van der Waals surface area contributed by atoms with Crippen LogP contribution in [0.15, 0.2) is 0 Å². The zero-order chi connectivity index (χ0) is 6.41. The quantitative estimate of drug-likeness (QED) is 0.424. The van der Waals surface area contributed by atoms with Crippen molar-refractivity contribution in [1.29, 1.82) is 0 Å². The van der Waals surface area contributed by atoms with Crippen LogP contribution in [-0.2, 0) is 4.74 Å². The summed E-state index contributed by atoms with van der Waals surface area (Å²) >= 11 is 0. The first kappa shape index (κ1) is 7.48. The molecule has 0 aromatic heterocycles. The van der Waals surface area contributed by atoms with Crippen LogP contribution in [0, 0.1) is 12.3 Å². The average molecular weight is 114 g/mol. The highest BCUT2D eigenvalue weighted by molar-refractivity contribution is 4.83. The molecule has 0 aliphatic rings. The third-order valence-corrected chi connectivity index (χ3v) is 0.808. The summed E-state index contributed by atoms with van der Waals surface area (Å²) in [5.74, 6) is 2.39. The van der Waals surface area contributed by atoms with Gasteiger partial charge in [-0.2, -0.15) is 0 Å². The molecule has 0 aliphatic heterocycles. The van der Waals surface area contributed by atoms with E-state index in [-0.39, 0.29) is 0 Å². The van der Waals surface area contributed by atoms with Crippen LogP contribution in [0.4, 0.5) is 0 Å². The smallest absolute Gasteiger partial charge is 0.155 e. The van der Waals surface area contributed by atoms with Crippen molar-refractivity contribution in [3.8, 4) is 12.3 Å². The molecule has 0 saturated carbocycles. The van der Waals surface area contributed by atoms with Crippen LogP contribution in [0.1, 0.15) is 12.8 Å². The molecule has 0 fully saturated rings. The van der Waals surface area contributed by atoms with Crippen molar-refractivity contribution in [2.45, 2.75) is 19.1 Å². The average Bonchev–Trinajstić information content (AvgIpc) is 1.83. The van der Waals surface area contributed by atoms with Gasteiger partial charge in [0.1, 0.15) is 0 Å². The molecule has 0 aromatic rings. The van der Waals surface area contributed by atoms with Crippen LogP contribution in [0.3, 0.4) is 0 Å². The van der Waals surface area contributed by atoms with Crippen molar-refractivity contribution >= 4 is 0 Å². The Kier molecular flexibility index (Phi) is 4.33. The molecule has 0 heterocycles. The third kappa shape index (κ3) is 3.66. The maximum Gasteiger partial charge on any atom is 0.155 e. The Morgan fingerprint density at radius 1 is 1.88 bits per heavy atom. The van der Waals surface area contributed by atoms with Crippen molar-refractivity contribution in [2.24, 2.45) is 0 Å². The van der Waals surface area contributed by atoms with E-state index in [1.807, 2.05) is 0 Å². The molecule has 0 rings (SSSR count). The summed E-state index contributed by atoms with van der Waals surface area (Å²) in [5.41, 5.74) is 0. The van der Waals surface area contributed by atoms with Crippen LogP contribution in [0.5, 0.6) is 0 Å². The molecule has 8 heavy (non-hydrogen) atoms. The molecule has 0 saturated heterocycles. The number of aliphatic hydroxyl groups excluding tert-OH is 1. The lowest BCUT2D eigenvalue weighted by molar-refractivity contribution is -0.0770. The maximum atomic E-state index is 8.67. The molecule has 0 amide bonds. The number of hydrogen-bond acceptors (Lipinski definition) is 2. The van der Waals surface area contributed by atoms with Gasteiger partial charge in [0.25, 0.3) is 0 Å². The van der Waals surface area contributed by atoms with Crippen molar-refractivity contribution < 1.29 is 9.84 Å². The SMILES string of the molecule is C#CCCC(O)OC. The summed E-state index contributed by atoms with van der Waals surface area (Å²) in [6.45, 7) is 0. The Balaban J connectivity index is 3.01. The van der Waals surface area contributed by atoms with Gasteiger partial charge in [0.2, 0.25) is 0 Å². The van der Waals surface area contributed by atoms with E-state index in [0.29, 0.717) is 12.8 Å². The topological polar surface area (TPSA) is 29.5 Å². The fourth-order valence-electron chi connectivity index (χ4n) is 0.325. The highest BCUT2D eigenvalue weighted by Crippen LogP contribution is 1.94. The molecule has 0 aliphatic carbocycles. The minimum absolute atomic E-state index is 0.521. The fraction of sp³-hybridized carbons (Fsp3) is 0.667. The van der Waals surface area contributed by atoms with Gasteiger partial charge < -0.3 is 9.84 Å². The van der Waals surface area contributed by atoms with E-state index in [9.17, 15) is 0 Å². The molecule has 0 bridgehead atoms. The van der Waals surface area contributed by atoms with Crippen molar-refractivity contribution in [3.05, 3.63) is 0 Å². The standard InChI is InChI=1S/C6H10O2/c1-3-4-5-6(7)8-2/h1,6-7H,4-5H2,2H3. The molecule has 0 spiro atoms. The van der Waals surface area contributed by atoms with Crippen LogP contribution < -0.4 is 0 Å². The number of rotatable bonds is 3. The van der Waals surface area contributed by atoms with E-state index in [2.05, 4.69) is 10.7 Å². The number of hydrogen-bond donors (Lipinski definition) is 1. The van der Waals surface area contributed by atoms with Gasteiger partial charge >= 0.3 is 0 Å². The summed E-state index contributed by atoms with van der Waals surface area (Å²) in [7, 11) is 1.45. The van der Waals surface area contributed by atoms with Crippen molar-refractivity contribution in [2.75, 3.05) is 7.11 Å². The monoisotopic (exact) mass is 114 g/mol. The van der Waals surface area contributed by atoms with Crippen LogP contribution in [0.25, 0.3) is 0 Å². The lowest BCUT2D eigenvalue weighted by Gasteiger charge is -2.03. The van der Waals surface area contributed by atoms with Crippen LogP contribution in [-0.4, -0.2) is 18.5 Å². The lowest BCUT2D eigenvalue weighted by Crippen LogP contribution is -2.07. The summed E-state index contributed by atoms with van der Waals surface area (Å²) in [6.07, 6.45) is 5.31. The predicted molar refractivity (Wildman–Crippen MR) is 31.1 cm³/mol. The zero-order valence-electron chi connectivity index (χ0n) is 4.92. The molecule has 1 atom stereocenters. The van der Waals surface area contributed by atoms with Crippen LogP contribution >= 0.6 is 0 Å². The van der Waals surface area contributed by atoms with Gasteiger partial charge in [0.05, 0.1) is 0 Å². The number of aliphatic hydroxyl groups is 1. The van der Waals surface area contributed by atoms with Gasteiger partial charge in [-0.05, 0) is 0 Å². The number of ether oxygens (including phenoxy) is 1. The van der Waals surface area contributed by atoms with E-state index < -0.39 is 6.29 Å². The van der Waals surface area contributed by atoms with Crippen molar-refractivity contribution in [1.82, 2.24) is 0 Å². The molecule has 0 aromatic carbocycles. The Hall–Kier alpha value is -0.520. The normalized spacial score (nSPS) is 12.6. The second kappa shape index (κ2) is 4.63. The van der Waals surface area contributed by atoms with E-state index in [1.165, 1.54) is 7.11 Å². The number of methoxy groups -OCH3 is 1. The number of terminal acetylenes is 1. The van der Waals surface area contributed by atoms with Gasteiger partial charge in [-0.3, -0.25) is 0 Å². The second-order valence-electron chi connectivity index (χ2n) is 1.43. The van der Waals surface area contributed by atoms with E-state index >= 15 is 0 Å². The first-order valence-corrected chi connectivity index (χ1v) is 2.45. The molecule has 2 nitrogen and oxygen atoms in total. The Labute approximate surface area is 49.5 Å². The Morgan fingerprint density at radius 3 is 2.88 bits per heavy atom. The Morgan fingerprint density at radius 2 is 2.50 bits per heavy atom. The molecule has 0 radical (unpaired) electrons. The van der Waals surface area contributed by atoms with Crippen molar-refractivity contribution in [3.63, 3.8) is 0 Å². The molecule has 2 heteroatoms. The van der Waals surface area contributed by atoms with Gasteiger partial charge in [-0.1, -0.05) is 0 Å². The van der Waals surface area contributed by atoms with Gasteiger partial charge in [-0.25, -0.2) is 0 Å². The summed E-state index contributed by atoms with van der Waals surface area (Å²) in [5, 5.41) is 8.67. The second-order valence-corrected chi connectivity index (χ2v) is 1.43. The first-order valence-electron chi connectivity index (χ1n) is 2.45. The first-order chi connectivity index (χ1) is 3.81. The molecule has 1 unspecified atom stereocenters. The van der Waals surface area contributed by atoms with Gasteiger partial charge in [0.15, 0.2) is 6.29 Å². The molecule has 46 valence electrons. The largest absolute Gasteiger partial charge is 0.368 e. The van der Waals surface area contributed by atoms with Crippen LogP contribution in [0.2, 0.25) is 0 Å². The molecule has 1 N–H and O–H groups in total. The molecular weight excluding hydrogens is 104 g/mol. The molecular formula is C6H10O2. The van der Waals surface area contributed by atoms with E-state index in [1.54, 1.807) is 0 Å². The summed E-state index contributed by atoms with van der Waals surface area (Å²) in [4.78, 5) is 0. The summed E-state index contributed by atoms with van der Waals surface area (Å²) in [6, 6.07) is 0. The minimum Gasteiger partial charge on any atom is -0.368 e. The van der Waals surface area contributed by atoms with E-state index in [0.717, 1.165) is 0 Å². The van der Waals surface area contributed by atoms with Gasteiger partial charge in [0, 0.05) is 20.0 Å². The van der Waals surface area contributed by atoms with Gasteiger partial charge in [-0.15, -0.1) is 12.3 Å². The predicted octanol–water partition coefficient (Wildman–Crippen LogP) is 0.365. The fourth-order valence-corrected chi connectivity index (χ4v) is 0.325. The highest BCUT2D eigenvalue weighted by atomic mass is 16.6. The van der Waals surface area contributed by atoms with E-state index in [4.69, 9.17) is 11.5 Å². The highest BCUT2D eigenvalue weighted by Gasteiger charge is 1.96. The lowest BCUT2D eigenvalue weighted by atomic mass is 10.3.